The third kappa shape index (κ3) is 32.1. The fourth-order valence-corrected chi connectivity index (χ4v) is 4.18. The molecule has 0 bridgehead atoms. The lowest BCUT2D eigenvalue weighted by Gasteiger charge is -2.22. The second kappa shape index (κ2) is 34.1. The molecule has 0 aliphatic carbocycles. The summed E-state index contributed by atoms with van der Waals surface area (Å²) in [4.78, 5) is 2.46. The molecule has 0 rings (SSSR count). The summed E-state index contributed by atoms with van der Waals surface area (Å²) in [5, 5.41) is 0. The highest BCUT2D eigenvalue weighted by molar-refractivity contribution is 5.85. The Bertz CT molecular complexity index is 308. The summed E-state index contributed by atoms with van der Waals surface area (Å²) in [6.07, 6.45) is 23.8. The molecule has 0 amide bonds. The molecule has 0 saturated heterocycles. The Kier molecular flexibility index (Phi) is 36.4. The van der Waals surface area contributed by atoms with Gasteiger partial charge in [0.1, 0.15) is 0 Å². The van der Waals surface area contributed by atoms with E-state index < -0.39 is 0 Å². The topological polar surface area (TPSA) is 30.9 Å². The Morgan fingerprint density at radius 1 is 0.343 bits per heavy atom. The molecule has 0 aromatic carbocycles. The molecule has 0 heterocycles. The average molecular weight is 522 g/mol. The lowest BCUT2D eigenvalue weighted by Crippen LogP contribution is -2.34. The molecule has 0 N–H and O–H groups in total. The molecular weight excluding hydrogens is 458 g/mol. The van der Waals surface area contributed by atoms with Crippen molar-refractivity contribution in [2.45, 2.75) is 136 Å². The molecule has 214 valence electrons. The quantitative estimate of drug-likeness (QED) is 0.0883. The first-order chi connectivity index (χ1) is 16.8. The summed E-state index contributed by atoms with van der Waals surface area (Å²) in [6.45, 7) is 15.0. The number of hydrogen-bond donors (Lipinski definition) is 0. The van der Waals surface area contributed by atoms with Gasteiger partial charge in [-0.25, -0.2) is 0 Å². The van der Waals surface area contributed by atoms with Gasteiger partial charge in [-0.3, -0.25) is 4.90 Å². The molecular formula is C30H64ClNO3. The molecule has 0 radical (unpaired) electrons. The summed E-state index contributed by atoms with van der Waals surface area (Å²) in [5.41, 5.74) is 0. The molecule has 0 atom stereocenters. The van der Waals surface area contributed by atoms with Crippen molar-refractivity contribution in [3.8, 4) is 0 Å². The molecule has 0 aromatic rings. The Morgan fingerprint density at radius 3 is 0.886 bits per heavy atom. The zero-order valence-electron chi connectivity index (χ0n) is 24.2. The van der Waals surface area contributed by atoms with E-state index in [1.165, 1.54) is 116 Å². The average Bonchev–Trinajstić information content (AvgIpc) is 2.85. The summed E-state index contributed by atoms with van der Waals surface area (Å²) in [5.74, 6) is 0. The highest BCUT2D eigenvalue weighted by atomic mass is 35.5. The van der Waals surface area contributed by atoms with Gasteiger partial charge in [0.25, 0.3) is 0 Å². The van der Waals surface area contributed by atoms with E-state index in [-0.39, 0.29) is 12.4 Å². The zero-order valence-corrected chi connectivity index (χ0v) is 25.0. The monoisotopic (exact) mass is 521 g/mol. The maximum absolute atomic E-state index is 5.93. The van der Waals surface area contributed by atoms with Crippen LogP contribution in [0.2, 0.25) is 0 Å². The van der Waals surface area contributed by atoms with E-state index in [1.54, 1.807) is 0 Å². The van der Waals surface area contributed by atoms with Crippen LogP contribution in [0.4, 0.5) is 0 Å². The van der Waals surface area contributed by atoms with E-state index in [9.17, 15) is 0 Å². The van der Waals surface area contributed by atoms with Gasteiger partial charge in [0, 0.05) is 39.5 Å². The second-order valence-corrected chi connectivity index (χ2v) is 9.98. The molecule has 0 aliphatic rings. The van der Waals surface area contributed by atoms with Gasteiger partial charge in [-0.2, -0.15) is 0 Å². The summed E-state index contributed by atoms with van der Waals surface area (Å²) >= 11 is 0. The van der Waals surface area contributed by atoms with Gasteiger partial charge < -0.3 is 14.2 Å². The molecule has 35 heavy (non-hydrogen) atoms. The number of hydrogen-bond acceptors (Lipinski definition) is 4. The van der Waals surface area contributed by atoms with Crippen LogP contribution in [-0.4, -0.2) is 64.2 Å². The maximum Gasteiger partial charge on any atom is 0.0593 e. The molecule has 0 spiro atoms. The van der Waals surface area contributed by atoms with E-state index in [4.69, 9.17) is 14.2 Å². The number of nitrogens with zero attached hydrogens (tertiary/aromatic N) is 1. The predicted molar refractivity (Wildman–Crippen MR) is 156 cm³/mol. The van der Waals surface area contributed by atoms with Crippen LogP contribution >= 0.6 is 12.4 Å². The summed E-state index contributed by atoms with van der Waals surface area (Å²) in [6, 6.07) is 0. The summed E-state index contributed by atoms with van der Waals surface area (Å²) < 4.78 is 17.8. The van der Waals surface area contributed by atoms with Gasteiger partial charge >= 0.3 is 0 Å². The van der Waals surface area contributed by atoms with Crippen molar-refractivity contribution < 1.29 is 14.2 Å². The van der Waals surface area contributed by atoms with Crippen LogP contribution in [0.1, 0.15) is 136 Å². The van der Waals surface area contributed by atoms with Gasteiger partial charge in [-0.15, -0.1) is 12.4 Å². The van der Waals surface area contributed by atoms with Crippen LogP contribution in [0, 0.1) is 0 Å². The van der Waals surface area contributed by atoms with Crippen molar-refractivity contribution >= 4 is 12.4 Å². The van der Waals surface area contributed by atoms with Crippen molar-refractivity contribution in [1.82, 2.24) is 4.90 Å². The molecule has 0 aliphatic heterocycles. The van der Waals surface area contributed by atoms with Crippen molar-refractivity contribution in [1.29, 1.82) is 0 Å². The minimum Gasteiger partial charge on any atom is -0.380 e. The Morgan fingerprint density at radius 2 is 0.600 bits per heavy atom. The Labute approximate surface area is 227 Å². The van der Waals surface area contributed by atoms with Gasteiger partial charge in [0.2, 0.25) is 0 Å². The van der Waals surface area contributed by atoms with Crippen LogP contribution in [0.3, 0.4) is 0 Å². The van der Waals surface area contributed by atoms with Crippen molar-refractivity contribution in [2.75, 3.05) is 59.3 Å². The van der Waals surface area contributed by atoms with E-state index in [1.807, 2.05) is 0 Å². The van der Waals surface area contributed by atoms with Crippen molar-refractivity contribution in [2.24, 2.45) is 0 Å². The van der Waals surface area contributed by atoms with Gasteiger partial charge in [-0.1, -0.05) is 117 Å². The third-order valence-corrected chi connectivity index (χ3v) is 6.58. The van der Waals surface area contributed by atoms with Crippen LogP contribution in [0.5, 0.6) is 0 Å². The van der Waals surface area contributed by atoms with E-state index in [0.29, 0.717) is 0 Å². The molecule has 4 nitrogen and oxygen atoms in total. The van der Waals surface area contributed by atoms with Crippen LogP contribution < -0.4 is 0 Å². The zero-order chi connectivity index (χ0) is 24.8. The van der Waals surface area contributed by atoms with Gasteiger partial charge in [0.05, 0.1) is 19.8 Å². The SMILES string of the molecule is CCCCCCCCOCCN(CCOCCCCCCCC)CCOCCCCCCCC.Cl. The molecule has 0 aromatic heterocycles. The predicted octanol–water partition coefficient (Wildman–Crippen LogP) is 8.84. The minimum atomic E-state index is 0. The highest BCUT2D eigenvalue weighted by Gasteiger charge is 2.06. The first kappa shape index (κ1) is 37.3. The maximum atomic E-state index is 5.93. The smallest absolute Gasteiger partial charge is 0.0593 e. The standard InChI is InChI=1S/C30H63NO3.ClH/c1-4-7-10-13-16-19-25-32-28-22-31(23-29-33-26-20-17-14-11-8-5-2)24-30-34-27-21-18-15-12-9-6-3;/h4-30H2,1-3H3;1H. The van der Waals surface area contributed by atoms with Crippen molar-refractivity contribution in [3.05, 3.63) is 0 Å². The largest absolute Gasteiger partial charge is 0.380 e. The first-order valence-corrected chi connectivity index (χ1v) is 15.3. The molecule has 0 unspecified atom stereocenters. The lowest BCUT2D eigenvalue weighted by atomic mass is 10.1. The van der Waals surface area contributed by atoms with Crippen molar-refractivity contribution in [3.63, 3.8) is 0 Å². The molecule has 0 saturated carbocycles. The number of unbranched alkanes of at least 4 members (excludes halogenated alkanes) is 15. The van der Waals surface area contributed by atoms with E-state index in [2.05, 4.69) is 25.7 Å². The third-order valence-electron chi connectivity index (χ3n) is 6.58. The van der Waals surface area contributed by atoms with E-state index >= 15 is 0 Å². The van der Waals surface area contributed by atoms with Gasteiger partial charge in [0.15, 0.2) is 0 Å². The second-order valence-electron chi connectivity index (χ2n) is 9.98. The van der Waals surface area contributed by atoms with E-state index in [0.717, 1.165) is 59.3 Å². The normalized spacial score (nSPS) is 11.3. The minimum absolute atomic E-state index is 0. The van der Waals surface area contributed by atoms with Crippen LogP contribution in [-0.2, 0) is 14.2 Å². The number of rotatable bonds is 30. The van der Waals surface area contributed by atoms with Crippen LogP contribution in [0.15, 0.2) is 0 Å². The fraction of sp³-hybridized carbons (Fsp3) is 1.00. The first-order valence-electron chi connectivity index (χ1n) is 15.3. The lowest BCUT2D eigenvalue weighted by molar-refractivity contribution is 0.0506. The number of ether oxygens (including phenoxy) is 3. The van der Waals surface area contributed by atoms with Gasteiger partial charge in [-0.05, 0) is 19.3 Å². The number of halogens is 1. The molecule has 5 heteroatoms. The fourth-order valence-electron chi connectivity index (χ4n) is 4.18. The summed E-state index contributed by atoms with van der Waals surface area (Å²) in [7, 11) is 0. The Balaban J connectivity index is 0. The highest BCUT2D eigenvalue weighted by Crippen LogP contribution is 2.07. The van der Waals surface area contributed by atoms with Crippen LogP contribution in [0.25, 0.3) is 0 Å². The Hall–Kier alpha value is 0.130. The molecule has 0 fully saturated rings.